The van der Waals surface area contributed by atoms with Crippen LogP contribution in [0.15, 0.2) is 24.3 Å². The number of rotatable bonds is 4. The summed E-state index contributed by atoms with van der Waals surface area (Å²) >= 11 is 0. The Kier molecular flexibility index (Phi) is 5.36. The van der Waals surface area contributed by atoms with Gasteiger partial charge in [-0.25, -0.2) is 4.79 Å². The van der Waals surface area contributed by atoms with Crippen LogP contribution in [0.2, 0.25) is 0 Å². The van der Waals surface area contributed by atoms with Crippen LogP contribution in [0.5, 0.6) is 0 Å². The zero-order valence-corrected chi connectivity index (χ0v) is 14.5. The standard InChI is InChI=1S/C18H26N2O2S/c1-2-23(22)17-9-5-8-15(12-17)19-18(21)20-16-10-13-6-3-4-7-14(13)11-16/h3-4,6-7,15-17H,2,5,8-12H2,1H3,(H2,19,20,21). The Labute approximate surface area is 140 Å². The second-order valence-electron chi connectivity index (χ2n) is 6.65. The number of hydrogen-bond acceptors (Lipinski definition) is 2. The summed E-state index contributed by atoms with van der Waals surface area (Å²) in [6, 6.07) is 8.66. The smallest absolute Gasteiger partial charge is 0.315 e. The van der Waals surface area contributed by atoms with Crippen LogP contribution >= 0.6 is 0 Å². The Balaban J connectivity index is 1.48. The molecule has 0 saturated heterocycles. The van der Waals surface area contributed by atoms with E-state index in [4.69, 9.17) is 0 Å². The summed E-state index contributed by atoms with van der Waals surface area (Å²) in [5.74, 6) is 0.712. The van der Waals surface area contributed by atoms with Gasteiger partial charge in [-0.2, -0.15) is 0 Å². The molecule has 0 radical (unpaired) electrons. The third kappa shape index (κ3) is 4.14. The first-order chi connectivity index (χ1) is 11.2. The monoisotopic (exact) mass is 334 g/mol. The molecule has 1 saturated carbocycles. The Hall–Kier alpha value is -1.36. The van der Waals surface area contributed by atoms with Gasteiger partial charge >= 0.3 is 6.03 Å². The third-order valence-corrected chi connectivity index (χ3v) is 6.74. The molecular formula is C18H26N2O2S. The minimum Gasteiger partial charge on any atom is -0.335 e. The van der Waals surface area contributed by atoms with Crippen LogP contribution in [0.25, 0.3) is 0 Å². The van der Waals surface area contributed by atoms with Crippen molar-refractivity contribution in [1.82, 2.24) is 10.6 Å². The van der Waals surface area contributed by atoms with Crippen molar-refractivity contribution in [2.75, 3.05) is 5.75 Å². The molecule has 2 N–H and O–H groups in total. The van der Waals surface area contributed by atoms with Gasteiger partial charge in [-0.3, -0.25) is 4.21 Å². The number of benzene rings is 1. The van der Waals surface area contributed by atoms with Gasteiger partial charge in [-0.05, 0) is 43.2 Å². The summed E-state index contributed by atoms with van der Waals surface area (Å²) in [5.41, 5.74) is 2.68. The van der Waals surface area contributed by atoms with Gasteiger partial charge in [0.05, 0.1) is 0 Å². The highest BCUT2D eigenvalue weighted by atomic mass is 32.2. The fraction of sp³-hybridized carbons (Fsp3) is 0.611. The summed E-state index contributed by atoms with van der Waals surface area (Å²) in [4.78, 5) is 12.3. The highest BCUT2D eigenvalue weighted by molar-refractivity contribution is 7.85. The number of urea groups is 1. The van der Waals surface area contributed by atoms with Crippen molar-refractivity contribution < 1.29 is 9.00 Å². The van der Waals surface area contributed by atoms with E-state index in [0.717, 1.165) is 38.5 Å². The highest BCUT2D eigenvalue weighted by Gasteiger charge is 2.28. The maximum absolute atomic E-state index is 12.3. The van der Waals surface area contributed by atoms with Gasteiger partial charge in [0.25, 0.3) is 0 Å². The lowest BCUT2D eigenvalue weighted by atomic mass is 9.95. The first kappa shape index (κ1) is 16.5. The van der Waals surface area contributed by atoms with Crippen LogP contribution in [0.4, 0.5) is 4.79 Å². The minimum absolute atomic E-state index is 0.0734. The van der Waals surface area contributed by atoms with Crippen molar-refractivity contribution in [3.8, 4) is 0 Å². The number of fused-ring (bicyclic) bond motifs is 1. The molecule has 1 fully saturated rings. The molecule has 2 aliphatic rings. The van der Waals surface area contributed by atoms with Crippen molar-refractivity contribution >= 4 is 16.8 Å². The van der Waals surface area contributed by atoms with Gasteiger partial charge < -0.3 is 10.6 Å². The van der Waals surface area contributed by atoms with Crippen LogP contribution in [0.3, 0.4) is 0 Å². The quantitative estimate of drug-likeness (QED) is 0.889. The van der Waals surface area contributed by atoms with Gasteiger partial charge in [0.15, 0.2) is 0 Å². The number of hydrogen-bond donors (Lipinski definition) is 2. The van der Waals surface area contributed by atoms with Crippen LogP contribution < -0.4 is 10.6 Å². The molecular weight excluding hydrogens is 308 g/mol. The summed E-state index contributed by atoms with van der Waals surface area (Å²) < 4.78 is 12.0. The predicted octanol–water partition coefficient (Wildman–Crippen LogP) is 2.53. The zero-order chi connectivity index (χ0) is 16.2. The van der Waals surface area contributed by atoms with Crippen molar-refractivity contribution in [2.45, 2.75) is 62.8 Å². The second-order valence-corrected chi connectivity index (χ2v) is 8.65. The van der Waals surface area contributed by atoms with Crippen molar-refractivity contribution in [2.24, 2.45) is 0 Å². The summed E-state index contributed by atoms with van der Waals surface area (Å²) in [5, 5.41) is 6.45. The average Bonchev–Trinajstić information content (AvgIpc) is 2.96. The Bertz CT molecular complexity index is 565. The van der Waals surface area contributed by atoms with E-state index in [-0.39, 0.29) is 23.4 Å². The topological polar surface area (TPSA) is 58.2 Å². The minimum atomic E-state index is -0.752. The maximum Gasteiger partial charge on any atom is 0.315 e. The Morgan fingerprint density at radius 1 is 1.13 bits per heavy atom. The largest absolute Gasteiger partial charge is 0.335 e. The van der Waals surface area contributed by atoms with Gasteiger partial charge in [0, 0.05) is 33.9 Å². The molecule has 0 bridgehead atoms. The van der Waals surface area contributed by atoms with E-state index in [1.165, 1.54) is 11.1 Å². The lowest BCUT2D eigenvalue weighted by Crippen LogP contribution is -2.48. The lowest BCUT2D eigenvalue weighted by molar-refractivity contribution is 0.229. The number of carbonyl (C=O) groups excluding carboxylic acids is 1. The third-order valence-electron chi connectivity index (χ3n) is 5.00. The van der Waals surface area contributed by atoms with E-state index < -0.39 is 10.8 Å². The molecule has 4 nitrogen and oxygen atoms in total. The fourth-order valence-corrected chi connectivity index (χ4v) is 5.17. The molecule has 0 spiro atoms. The lowest BCUT2D eigenvalue weighted by Gasteiger charge is -2.29. The van der Waals surface area contributed by atoms with E-state index in [0.29, 0.717) is 5.75 Å². The van der Waals surface area contributed by atoms with E-state index in [9.17, 15) is 9.00 Å². The molecule has 0 aliphatic heterocycles. The van der Waals surface area contributed by atoms with Gasteiger partial charge in [0.2, 0.25) is 0 Å². The van der Waals surface area contributed by atoms with Crippen LogP contribution in [-0.2, 0) is 23.6 Å². The molecule has 0 heterocycles. The van der Waals surface area contributed by atoms with Crippen molar-refractivity contribution in [1.29, 1.82) is 0 Å². The Morgan fingerprint density at radius 3 is 2.43 bits per heavy atom. The van der Waals surface area contributed by atoms with E-state index in [1.807, 2.05) is 6.92 Å². The molecule has 126 valence electrons. The molecule has 23 heavy (non-hydrogen) atoms. The number of amides is 2. The molecule has 3 rings (SSSR count). The summed E-state index contributed by atoms with van der Waals surface area (Å²) in [7, 11) is -0.752. The molecule has 1 aromatic rings. The molecule has 5 heteroatoms. The normalized spacial score (nSPS) is 25.6. The molecule has 0 aromatic heterocycles. The summed E-state index contributed by atoms with van der Waals surface area (Å²) in [6.45, 7) is 1.97. The molecule has 3 unspecified atom stereocenters. The molecule has 3 atom stereocenters. The van der Waals surface area contributed by atoms with Gasteiger partial charge in [0.1, 0.15) is 0 Å². The summed E-state index contributed by atoms with van der Waals surface area (Å²) in [6.07, 6.45) is 5.75. The van der Waals surface area contributed by atoms with Crippen molar-refractivity contribution in [3.63, 3.8) is 0 Å². The Morgan fingerprint density at radius 2 is 1.78 bits per heavy atom. The first-order valence-electron chi connectivity index (χ1n) is 8.66. The van der Waals surface area contributed by atoms with Crippen LogP contribution in [-0.4, -0.2) is 33.3 Å². The number of nitrogens with one attached hydrogen (secondary N) is 2. The van der Waals surface area contributed by atoms with E-state index >= 15 is 0 Å². The van der Waals surface area contributed by atoms with Crippen LogP contribution in [0, 0.1) is 0 Å². The molecule has 1 aromatic carbocycles. The van der Waals surface area contributed by atoms with Crippen molar-refractivity contribution in [3.05, 3.63) is 35.4 Å². The van der Waals surface area contributed by atoms with Crippen LogP contribution in [0.1, 0.15) is 43.7 Å². The average molecular weight is 334 g/mol. The maximum atomic E-state index is 12.3. The van der Waals surface area contributed by atoms with E-state index in [1.54, 1.807) is 0 Å². The molecule has 2 aliphatic carbocycles. The zero-order valence-electron chi connectivity index (χ0n) is 13.7. The first-order valence-corrected chi connectivity index (χ1v) is 10.0. The second kappa shape index (κ2) is 7.47. The molecule has 2 amide bonds. The predicted molar refractivity (Wildman–Crippen MR) is 94.0 cm³/mol. The number of carbonyl (C=O) groups is 1. The SMILES string of the molecule is CCS(=O)C1CCCC(NC(=O)NC2Cc3ccccc3C2)C1. The van der Waals surface area contributed by atoms with Gasteiger partial charge in [-0.1, -0.05) is 37.6 Å². The van der Waals surface area contributed by atoms with E-state index in [2.05, 4.69) is 34.9 Å². The highest BCUT2D eigenvalue weighted by Crippen LogP contribution is 2.24. The van der Waals surface area contributed by atoms with Gasteiger partial charge in [-0.15, -0.1) is 0 Å². The fourth-order valence-electron chi connectivity index (χ4n) is 3.82.